The quantitative estimate of drug-likeness (QED) is 0.405. The van der Waals surface area contributed by atoms with Gasteiger partial charge in [0.15, 0.2) is 0 Å². The number of aryl methyl sites for hydroxylation is 3. The average molecular weight is 553 g/mol. The number of hydrogen-bond acceptors (Lipinski definition) is 6. The number of carbonyl (C=O) groups is 1. The first-order valence-electron chi connectivity index (χ1n) is 12.3. The molecule has 1 atom stereocenters. The zero-order valence-corrected chi connectivity index (χ0v) is 23.2. The Labute approximate surface area is 226 Å². The Bertz CT molecular complexity index is 1220. The number of thiol groups is 1. The van der Waals surface area contributed by atoms with E-state index in [1.54, 1.807) is 15.4 Å². The fourth-order valence-electron chi connectivity index (χ4n) is 4.51. The molecule has 1 amide bonds. The third kappa shape index (κ3) is 7.04. The Hall–Kier alpha value is -3.12. The van der Waals surface area contributed by atoms with Gasteiger partial charge in [-0.15, -0.1) is 0 Å². The molecular formula is C26H35F3N6O2S. The van der Waals surface area contributed by atoms with Crippen molar-refractivity contribution >= 4 is 18.5 Å². The van der Waals surface area contributed by atoms with Crippen molar-refractivity contribution in [3.8, 4) is 0 Å². The van der Waals surface area contributed by atoms with Crippen LogP contribution in [-0.4, -0.2) is 50.8 Å². The van der Waals surface area contributed by atoms with Crippen molar-refractivity contribution in [1.82, 2.24) is 30.1 Å². The molecule has 38 heavy (non-hydrogen) atoms. The maximum absolute atomic E-state index is 13.2. The van der Waals surface area contributed by atoms with Gasteiger partial charge in [0.1, 0.15) is 17.5 Å². The van der Waals surface area contributed by atoms with Gasteiger partial charge in [0, 0.05) is 39.1 Å². The van der Waals surface area contributed by atoms with Gasteiger partial charge in [-0.3, -0.25) is 9.48 Å². The highest BCUT2D eigenvalue weighted by atomic mass is 32.1. The summed E-state index contributed by atoms with van der Waals surface area (Å²) in [5.41, 5.74) is 6.95. The van der Waals surface area contributed by atoms with Crippen LogP contribution < -0.4 is 10.7 Å². The lowest BCUT2D eigenvalue weighted by molar-refractivity contribution is -0.131. The van der Waals surface area contributed by atoms with E-state index in [1.807, 2.05) is 58.4 Å². The summed E-state index contributed by atoms with van der Waals surface area (Å²) in [6.45, 7) is 4.45. The first-order chi connectivity index (χ1) is 18.0. The number of benzene rings is 1. The number of carbonyl (C=O) groups excluding carboxylic acids is 1. The summed E-state index contributed by atoms with van der Waals surface area (Å²) in [4.78, 5) is 13.2. The monoisotopic (exact) mass is 552 g/mol. The molecular weight excluding hydrogens is 517 g/mol. The molecule has 0 saturated carbocycles. The van der Waals surface area contributed by atoms with E-state index in [9.17, 15) is 18.0 Å². The largest absolute Gasteiger partial charge is 0.497 e. The number of allylic oxidation sites excluding steroid dienone is 1. The Balaban J connectivity index is 1.81. The SMILES string of the molecule is CCc1c(C(=O)NCc2ccc(C3NN(CCS)C(CC(F)(F)F)=C3OC)cc2)n(C)cc(C)cnn1C. The van der Waals surface area contributed by atoms with Crippen molar-refractivity contribution < 1.29 is 22.7 Å². The molecule has 0 aliphatic carbocycles. The van der Waals surface area contributed by atoms with Crippen LogP contribution in [-0.2, 0) is 31.8 Å². The van der Waals surface area contributed by atoms with E-state index in [0.29, 0.717) is 24.4 Å². The van der Waals surface area contributed by atoms with Crippen molar-refractivity contribution in [2.24, 2.45) is 14.1 Å². The topological polar surface area (TPSA) is 76.4 Å². The maximum atomic E-state index is 13.2. The molecule has 1 unspecified atom stereocenters. The first kappa shape index (κ1) is 29.4. The van der Waals surface area contributed by atoms with Gasteiger partial charge in [0.05, 0.1) is 31.1 Å². The number of aromatic nitrogens is 3. The van der Waals surface area contributed by atoms with E-state index >= 15 is 0 Å². The van der Waals surface area contributed by atoms with E-state index in [2.05, 4.69) is 28.5 Å². The van der Waals surface area contributed by atoms with Crippen molar-refractivity contribution in [2.45, 2.75) is 45.5 Å². The fourth-order valence-corrected chi connectivity index (χ4v) is 4.71. The smallest absolute Gasteiger partial charge is 0.394 e. The van der Waals surface area contributed by atoms with Crippen molar-refractivity contribution in [3.63, 3.8) is 0 Å². The van der Waals surface area contributed by atoms with E-state index in [1.165, 1.54) is 12.1 Å². The van der Waals surface area contributed by atoms with Gasteiger partial charge in [-0.25, -0.2) is 5.43 Å². The van der Waals surface area contributed by atoms with E-state index in [-0.39, 0.29) is 23.9 Å². The molecule has 0 radical (unpaired) electrons. The molecule has 0 saturated heterocycles. The summed E-state index contributed by atoms with van der Waals surface area (Å²) >= 11 is 4.17. The van der Waals surface area contributed by atoms with Crippen LogP contribution in [0, 0.1) is 6.92 Å². The minimum Gasteiger partial charge on any atom is -0.497 e. The number of hydrogen-bond donors (Lipinski definition) is 3. The number of halogens is 3. The Morgan fingerprint density at radius 2 is 1.92 bits per heavy atom. The van der Waals surface area contributed by atoms with Gasteiger partial charge < -0.3 is 19.6 Å². The maximum Gasteiger partial charge on any atom is 0.394 e. The van der Waals surface area contributed by atoms with Crippen LogP contribution in [0.4, 0.5) is 13.2 Å². The van der Waals surface area contributed by atoms with Crippen LogP contribution in [0.25, 0.3) is 0 Å². The van der Waals surface area contributed by atoms with Gasteiger partial charge in [0.2, 0.25) is 0 Å². The third-order valence-corrected chi connectivity index (χ3v) is 6.43. The molecule has 2 N–H and O–H groups in total. The second kappa shape index (κ2) is 12.6. The summed E-state index contributed by atoms with van der Waals surface area (Å²) in [6.07, 6.45) is -1.26. The molecule has 0 spiro atoms. The molecule has 3 rings (SSSR count). The molecule has 1 aromatic carbocycles. The third-order valence-electron chi connectivity index (χ3n) is 6.23. The number of methoxy groups -OCH3 is 1. The summed E-state index contributed by atoms with van der Waals surface area (Å²) in [7, 11) is 5.01. The second-order valence-corrected chi connectivity index (χ2v) is 9.52. The number of nitrogens with zero attached hydrogens (tertiary/aromatic N) is 4. The fraction of sp³-hybridized carbons (Fsp3) is 0.462. The molecule has 1 aliphatic rings. The van der Waals surface area contributed by atoms with Gasteiger partial charge in [0.25, 0.3) is 5.91 Å². The molecule has 2 heterocycles. The Morgan fingerprint density at radius 1 is 1.24 bits per heavy atom. The lowest BCUT2D eigenvalue weighted by Gasteiger charge is -2.23. The van der Waals surface area contributed by atoms with Crippen molar-refractivity contribution in [2.75, 3.05) is 19.4 Å². The predicted molar refractivity (Wildman–Crippen MR) is 143 cm³/mol. The van der Waals surface area contributed by atoms with Crippen molar-refractivity contribution in [3.05, 3.63) is 76.2 Å². The van der Waals surface area contributed by atoms with Gasteiger partial charge in [-0.1, -0.05) is 31.2 Å². The number of amides is 1. The molecule has 8 nitrogen and oxygen atoms in total. The average Bonchev–Trinajstić information content (AvgIpc) is 3.19. The highest BCUT2D eigenvalue weighted by Gasteiger charge is 2.40. The van der Waals surface area contributed by atoms with E-state index in [4.69, 9.17) is 4.74 Å². The van der Waals surface area contributed by atoms with Crippen LogP contribution >= 0.6 is 12.6 Å². The highest BCUT2D eigenvalue weighted by molar-refractivity contribution is 7.80. The van der Waals surface area contributed by atoms with Crippen LogP contribution in [0.5, 0.6) is 0 Å². The van der Waals surface area contributed by atoms with Crippen molar-refractivity contribution in [1.29, 1.82) is 0 Å². The summed E-state index contributed by atoms with van der Waals surface area (Å²) in [6, 6.07) is 6.76. The lowest BCUT2D eigenvalue weighted by atomic mass is 10.0. The Kier molecular flexibility index (Phi) is 9.77. The number of alkyl halides is 3. The molecule has 1 aromatic heterocycles. The number of rotatable bonds is 9. The molecule has 12 heteroatoms. The zero-order valence-electron chi connectivity index (χ0n) is 22.3. The summed E-state index contributed by atoms with van der Waals surface area (Å²) in [5.74, 6) is 0.369. The normalized spacial score (nSPS) is 15.6. The molecule has 1 aliphatic heterocycles. The van der Waals surface area contributed by atoms with E-state index in [0.717, 1.165) is 22.4 Å². The van der Waals surface area contributed by atoms with Crippen LogP contribution in [0.2, 0.25) is 0 Å². The van der Waals surface area contributed by atoms with Gasteiger partial charge >= 0.3 is 6.18 Å². The number of ether oxygens (including phenoxy) is 1. The first-order valence-corrected chi connectivity index (χ1v) is 12.9. The predicted octanol–water partition coefficient (Wildman–Crippen LogP) is 4.29. The molecule has 0 bridgehead atoms. The summed E-state index contributed by atoms with van der Waals surface area (Å²) < 4.78 is 48.6. The molecule has 208 valence electrons. The van der Waals surface area contributed by atoms with Crippen LogP contribution in [0.1, 0.15) is 52.3 Å². The minimum atomic E-state index is -4.38. The Morgan fingerprint density at radius 3 is 2.50 bits per heavy atom. The number of hydrazine groups is 1. The van der Waals surface area contributed by atoms with Crippen LogP contribution in [0.3, 0.4) is 0 Å². The van der Waals surface area contributed by atoms with Crippen LogP contribution in [0.15, 0.2) is 48.1 Å². The van der Waals surface area contributed by atoms with Gasteiger partial charge in [-0.2, -0.15) is 30.9 Å². The number of nitrogens with one attached hydrogen (secondary N) is 2. The minimum absolute atomic E-state index is 0.0531. The zero-order chi connectivity index (χ0) is 28.0. The van der Waals surface area contributed by atoms with E-state index < -0.39 is 18.6 Å². The molecule has 2 aromatic rings. The highest BCUT2D eigenvalue weighted by Crippen LogP contribution is 2.38. The second-order valence-electron chi connectivity index (χ2n) is 9.07. The lowest BCUT2D eigenvalue weighted by Crippen LogP contribution is -2.36. The summed E-state index contributed by atoms with van der Waals surface area (Å²) in [5, 5.41) is 8.82. The van der Waals surface area contributed by atoms with Gasteiger partial charge in [-0.05, 0) is 30.0 Å². The standard InChI is InChI=1S/C26H35F3N6O2S/c1-6-20-23(33(3)16-17(2)14-31-34(20)4)25(36)30-15-18-7-9-19(10-8-18)22-24(37-5)21(13-26(27,28)29)35(32-22)11-12-38/h7-10,14,16,22,32,38H,6,11-13,15H2,1-5H3,(H,30,36). The molecule has 0 fully saturated rings.